The molecule has 2 N–H and O–H groups in total. The summed E-state index contributed by atoms with van der Waals surface area (Å²) in [5.41, 5.74) is 1.12. The van der Waals surface area contributed by atoms with Crippen LogP contribution in [-0.2, 0) is 0 Å². The number of rotatable bonds is 6. The Morgan fingerprint density at radius 3 is 2.46 bits per heavy atom. The van der Waals surface area contributed by atoms with Crippen LogP contribution in [0.4, 0.5) is 5.69 Å². The van der Waals surface area contributed by atoms with Gasteiger partial charge < -0.3 is 10.6 Å². The second-order valence-electron chi connectivity index (χ2n) is 6.15. The third-order valence-electron chi connectivity index (χ3n) is 4.36. The molecule has 1 aliphatic carbocycles. The first kappa shape index (κ1) is 20.4. The molecule has 0 atom stereocenters. The molecule has 2 rings (SSSR count). The first-order valence-corrected chi connectivity index (χ1v) is 8.34. The van der Waals surface area contributed by atoms with E-state index in [1.807, 2.05) is 0 Å². The number of nitro groups is 1. The number of benzene rings is 1. The van der Waals surface area contributed by atoms with Gasteiger partial charge in [-0.25, -0.2) is 0 Å². The molecule has 1 fully saturated rings. The molecule has 0 heterocycles. The lowest BCUT2D eigenvalue weighted by Crippen LogP contribution is -2.37. The van der Waals surface area contributed by atoms with Gasteiger partial charge in [-0.1, -0.05) is 25.7 Å². The zero-order chi connectivity index (χ0) is 16.7. The summed E-state index contributed by atoms with van der Waals surface area (Å²) in [4.78, 5) is 22.4. The van der Waals surface area contributed by atoms with E-state index >= 15 is 0 Å². The zero-order valence-electron chi connectivity index (χ0n) is 14.0. The minimum Gasteiger partial charge on any atom is -0.351 e. The molecular formula is C17H26ClN3O3. The lowest BCUT2D eigenvalue weighted by atomic mass is 10.1. The van der Waals surface area contributed by atoms with Crippen LogP contribution in [-0.4, -0.2) is 30.0 Å². The van der Waals surface area contributed by atoms with Gasteiger partial charge in [-0.3, -0.25) is 14.9 Å². The third-order valence-corrected chi connectivity index (χ3v) is 4.36. The molecule has 0 saturated heterocycles. The van der Waals surface area contributed by atoms with Gasteiger partial charge in [-0.2, -0.15) is 0 Å². The Morgan fingerprint density at radius 2 is 1.88 bits per heavy atom. The van der Waals surface area contributed by atoms with Crippen molar-refractivity contribution in [3.8, 4) is 0 Å². The highest BCUT2D eigenvalue weighted by atomic mass is 35.5. The van der Waals surface area contributed by atoms with Gasteiger partial charge in [0.05, 0.1) is 4.92 Å². The van der Waals surface area contributed by atoms with Gasteiger partial charge in [-0.15, -0.1) is 12.4 Å². The molecule has 0 aliphatic heterocycles. The Labute approximate surface area is 149 Å². The highest BCUT2D eigenvalue weighted by molar-refractivity contribution is 5.95. The van der Waals surface area contributed by atoms with E-state index in [4.69, 9.17) is 0 Å². The number of halogens is 1. The van der Waals surface area contributed by atoms with Gasteiger partial charge in [0.25, 0.3) is 11.6 Å². The number of non-ortho nitro benzene ring substituents is 1. The van der Waals surface area contributed by atoms with Gasteiger partial charge in [0.1, 0.15) is 0 Å². The lowest BCUT2D eigenvalue weighted by molar-refractivity contribution is -0.384. The van der Waals surface area contributed by atoms with Gasteiger partial charge in [-0.05, 0) is 31.4 Å². The SMILES string of the molecule is Cc1cc([N+](=O)[O-])ccc1C(=O)NCCNC1CCCCCC1.Cl. The Hall–Kier alpha value is -1.66. The maximum absolute atomic E-state index is 12.1. The number of carbonyl (C=O) groups is 1. The van der Waals surface area contributed by atoms with Crippen molar-refractivity contribution in [2.45, 2.75) is 51.5 Å². The number of aryl methyl sites for hydroxylation is 1. The Bertz CT molecular complexity index is 558. The summed E-state index contributed by atoms with van der Waals surface area (Å²) in [6, 6.07) is 4.88. The van der Waals surface area contributed by atoms with E-state index in [9.17, 15) is 14.9 Å². The molecule has 0 aromatic heterocycles. The Morgan fingerprint density at radius 1 is 1.21 bits per heavy atom. The number of hydrogen-bond acceptors (Lipinski definition) is 4. The average molecular weight is 356 g/mol. The van der Waals surface area contributed by atoms with Gasteiger partial charge >= 0.3 is 0 Å². The van der Waals surface area contributed by atoms with Crippen LogP contribution in [0.5, 0.6) is 0 Å². The molecule has 1 amide bonds. The minimum atomic E-state index is -0.453. The summed E-state index contributed by atoms with van der Waals surface area (Å²) in [7, 11) is 0. The highest BCUT2D eigenvalue weighted by Gasteiger charge is 2.14. The van der Waals surface area contributed by atoms with Crippen LogP contribution in [0, 0.1) is 17.0 Å². The van der Waals surface area contributed by atoms with Crippen LogP contribution < -0.4 is 10.6 Å². The summed E-state index contributed by atoms with van der Waals surface area (Å²) < 4.78 is 0. The minimum absolute atomic E-state index is 0. The predicted molar refractivity (Wildman–Crippen MR) is 96.9 cm³/mol. The topological polar surface area (TPSA) is 84.3 Å². The van der Waals surface area contributed by atoms with E-state index < -0.39 is 4.92 Å². The quantitative estimate of drug-likeness (QED) is 0.354. The molecule has 24 heavy (non-hydrogen) atoms. The van der Waals surface area contributed by atoms with Crippen molar-refractivity contribution < 1.29 is 9.72 Å². The number of nitro benzene ring substituents is 1. The van der Waals surface area contributed by atoms with Crippen LogP contribution in [0.2, 0.25) is 0 Å². The second kappa shape index (κ2) is 10.3. The fourth-order valence-corrected chi connectivity index (χ4v) is 3.05. The van der Waals surface area contributed by atoms with Crippen LogP contribution in [0.25, 0.3) is 0 Å². The predicted octanol–water partition coefficient (Wildman–Crippen LogP) is 3.37. The van der Waals surface area contributed by atoms with E-state index in [1.165, 1.54) is 56.7 Å². The van der Waals surface area contributed by atoms with Gasteiger partial charge in [0.2, 0.25) is 0 Å². The van der Waals surface area contributed by atoms with E-state index in [1.54, 1.807) is 6.92 Å². The van der Waals surface area contributed by atoms with Crippen molar-refractivity contribution in [3.63, 3.8) is 0 Å². The van der Waals surface area contributed by atoms with E-state index in [-0.39, 0.29) is 24.0 Å². The summed E-state index contributed by atoms with van der Waals surface area (Å²) in [6.45, 7) is 3.03. The molecular weight excluding hydrogens is 330 g/mol. The molecule has 134 valence electrons. The molecule has 0 unspecified atom stereocenters. The van der Waals surface area contributed by atoms with E-state index in [0.717, 1.165) is 6.54 Å². The summed E-state index contributed by atoms with van der Waals surface area (Å²) >= 11 is 0. The number of hydrogen-bond donors (Lipinski definition) is 2. The summed E-state index contributed by atoms with van der Waals surface area (Å²) in [6.07, 6.45) is 7.66. The fraction of sp³-hybridized carbons (Fsp3) is 0.588. The normalized spacial score (nSPS) is 15.2. The molecule has 1 aliphatic rings. The second-order valence-corrected chi connectivity index (χ2v) is 6.15. The molecule has 1 aromatic carbocycles. The third kappa shape index (κ3) is 6.09. The first-order valence-electron chi connectivity index (χ1n) is 8.34. The standard InChI is InChI=1S/C17H25N3O3.ClH/c1-13-12-15(20(22)23)8-9-16(13)17(21)19-11-10-18-14-6-4-2-3-5-7-14;/h8-9,12,14,18H,2-7,10-11H2,1H3,(H,19,21);1H. The van der Waals surface area contributed by atoms with Crippen molar-refractivity contribution in [2.24, 2.45) is 0 Å². The molecule has 1 saturated carbocycles. The monoisotopic (exact) mass is 355 g/mol. The van der Waals surface area contributed by atoms with Crippen molar-refractivity contribution in [2.75, 3.05) is 13.1 Å². The molecule has 6 nitrogen and oxygen atoms in total. The highest BCUT2D eigenvalue weighted by Crippen LogP contribution is 2.18. The molecule has 0 bridgehead atoms. The van der Waals surface area contributed by atoms with E-state index in [0.29, 0.717) is 23.7 Å². The summed E-state index contributed by atoms with van der Waals surface area (Å²) in [5, 5.41) is 17.1. The smallest absolute Gasteiger partial charge is 0.269 e. The van der Waals surface area contributed by atoms with Crippen molar-refractivity contribution >= 4 is 24.0 Å². The number of carbonyl (C=O) groups excluding carboxylic acids is 1. The number of amides is 1. The fourth-order valence-electron chi connectivity index (χ4n) is 3.05. The maximum atomic E-state index is 12.1. The summed E-state index contributed by atoms with van der Waals surface area (Å²) in [5.74, 6) is -0.180. The van der Waals surface area contributed by atoms with Crippen molar-refractivity contribution in [3.05, 3.63) is 39.4 Å². The van der Waals surface area contributed by atoms with Crippen LogP contribution in [0.1, 0.15) is 54.4 Å². The molecule has 7 heteroatoms. The zero-order valence-corrected chi connectivity index (χ0v) is 14.9. The van der Waals surface area contributed by atoms with Crippen LogP contribution >= 0.6 is 12.4 Å². The first-order chi connectivity index (χ1) is 11.1. The van der Waals surface area contributed by atoms with Gasteiger partial charge in [0.15, 0.2) is 0 Å². The number of nitrogens with zero attached hydrogens (tertiary/aromatic N) is 1. The average Bonchev–Trinajstić information content (AvgIpc) is 2.80. The molecule has 0 radical (unpaired) electrons. The van der Waals surface area contributed by atoms with Crippen molar-refractivity contribution in [1.29, 1.82) is 0 Å². The van der Waals surface area contributed by atoms with E-state index in [2.05, 4.69) is 10.6 Å². The van der Waals surface area contributed by atoms with Crippen LogP contribution in [0.15, 0.2) is 18.2 Å². The van der Waals surface area contributed by atoms with Crippen LogP contribution in [0.3, 0.4) is 0 Å². The molecule has 1 aromatic rings. The van der Waals surface area contributed by atoms with Crippen molar-refractivity contribution in [1.82, 2.24) is 10.6 Å². The molecule has 0 spiro atoms. The largest absolute Gasteiger partial charge is 0.351 e. The number of nitrogens with one attached hydrogen (secondary N) is 2. The Balaban J connectivity index is 0.00000288. The maximum Gasteiger partial charge on any atom is 0.269 e. The Kier molecular flexibility index (Phi) is 8.71. The lowest BCUT2D eigenvalue weighted by Gasteiger charge is -2.16. The van der Waals surface area contributed by atoms with Gasteiger partial charge in [0, 0.05) is 36.8 Å².